The van der Waals surface area contributed by atoms with Gasteiger partial charge in [0.25, 0.3) is 5.91 Å². The number of rotatable bonds is 3. The fraction of sp³-hybridized carbons (Fsp3) is 0.263. The van der Waals surface area contributed by atoms with Gasteiger partial charge in [-0.1, -0.05) is 23.7 Å². The molecule has 1 aliphatic heterocycles. The second-order valence-electron chi connectivity index (χ2n) is 5.97. The van der Waals surface area contributed by atoms with E-state index < -0.39 is 0 Å². The summed E-state index contributed by atoms with van der Waals surface area (Å²) >= 11 is 5.93. The molecule has 124 valence electrons. The first-order valence-electron chi connectivity index (χ1n) is 8.02. The molecule has 1 fully saturated rings. The smallest absolute Gasteiger partial charge is 0.255 e. The lowest BCUT2D eigenvalue weighted by Crippen LogP contribution is -2.35. The van der Waals surface area contributed by atoms with Crippen LogP contribution in [0.4, 0.5) is 11.4 Å². The molecular formula is C19H19ClN2O2. The standard InChI is InChI=1S/C19H19ClN2O2/c1-13-8-9-16(12-17(13)22-10-3-2-7-18(22)23)21-19(24)14-5-4-6-15(20)11-14/h4-6,8-9,11-12H,2-3,7,10H2,1H3,(H,21,24). The van der Waals surface area contributed by atoms with Gasteiger partial charge in [-0.15, -0.1) is 0 Å². The Bertz CT molecular complexity index is 789. The van der Waals surface area contributed by atoms with Crippen LogP contribution in [0.15, 0.2) is 42.5 Å². The van der Waals surface area contributed by atoms with E-state index in [0.29, 0.717) is 22.7 Å². The minimum Gasteiger partial charge on any atom is -0.322 e. The Hall–Kier alpha value is -2.33. The summed E-state index contributed by atoms with van der Waals surface area (Å²) in [7, 11) is 0. The molecule has 1 heterocycles. The van der Waals surface area contributed by atoms with E-state index in [4.69, 9.17) is 11.6 Å². The van der Waals surface area contributed by atoms with E-state index in [9.17, 15) is 9.59 Å². The molecule has 0 bridgehead atoms. The lowest BCUT2D eigenvalue weighted by molar-refractivity contribution is -0.119. The molecule has 24 heavy (non-hydrogen) atoms. The van der Waals surface area contributed by atoms with Gasteiger partial charge >= 0.3 is 0 Å². The third-order valence-corrected chi connectivity index (χ3v) is 4.40. The van der Waals surface area contributed by atoms with Crippen molar-refractivity contribution in [2.24, 2.45) is 0 Å². The fourth-order valence-electron chi connectivity index (χ4n) is 2.87. The Morgan fingerprint density at radius 3 is 2.75 bits per heavy atom. The zero-order chi connectivity index (χ0) is 17.1. The first kappa shape index (κ1) is 16.5. The maximum atomic E-state index is 12.4. The molecule has 1 saturated heterocycles. The fourth-order valence-corrected chi connectivity index (χ4v) is 3.06. The van der Waals surface area contributed by atoms with Gasteiger partial charge in [-0.05, 0) is 55.7 Å². The van der Waals surface area contributed by atoms with E-state index in [1.54, 1.807) is 24.3 Å². The van der Waals surface area contributed by atoms with Crippen LogP contribution in [0, 0.1) is 6.92 Å². The molecule has 3 rings (SSSR count). The number of benzene rings is 2. The Kier molecular flexibility index (Phi) is 4.86. The van der Waals surface area contributed by atoms with Crippen LogP contribution < -0.4 is 10.2 Å². The maximum absolute atomic E-state index is 12.4. The average molecular weight is 343 g/mol. The van der Waals surface area contributed by atoms with Crippen LogP contribution in [-0.4, -0.2) is 18.4 Å². The van der Waals surface area contributed by atoms with Gasteiger partial charge in [0.05, 0.1) is 0 Å². The summed E-state index contributed by atoms with van der Waals surface area (Å²) in [5, 5.41) is 3.39. The number of halogens is 1. The van der Waals surface area contributed by atoms with Crippen molar-refractivity contribution in [3.63, 3.8) is 0 Å². The number of nitrogens with one attached hydrogen (secondary N) is 1. The van der Waals surface area contributed by atoms with E-state index in [0.717, 1.165) is 30.6 Å². The molecule has 0 radical (unpaired) electrons. The quantitative estimate of drug-likeness (QED) is 0.897. The predicted octanol–water partition coefficient (Wildman–Crippen LogP) is 4.42. The van der Waals surface area contributed by atoms with Crippen molar-refractivity contribution in [2.45, 2.75) is 26.2 Å². The lowest BCUT2D eigenvalue weighted by atomic mass is 10.1. The van der Waals surface area contributed by atoms with Crippen LogP contribution >= 0.6 is 11.6 Å². The van der Waals surface area contributed by atoms with Gasteiger partial charge in [-0.3, -0.25) is 9.59 Å². The molecule has 0 saturated carbocycles. The lowest BCUT2D eigenvalue weighted by Gasteiger charge is -2.28. The highest BCUT2D eigenvalue weighted by molar-refractivity contribution is 6.31. The van der Waals surface area contributed by atoms with Crippen LogP contribution in [0.5, 0.6) is 0 Å². The molecule has 5 heteroatoms. The zero-order valence-electron chi connectivity index (χ0n) is 13.5. The summed E-state index contributed by atoms with van der Waals surface area (Å²) in [6.45, 7) is 2.70. The van der Waals surface area contributed by atoms with Gasteiger partial charge in [-0.25, -0.2) is 0 Å². The Morgan fingerprint density at radius 2 is 2.00 bits per heavy atom. The van der Waals surface area contributed by atoms with E-state index in [2.05, 4.69) is 5.32 Å². The van der Waals surface area contributed by atoms with Crippen molar-refractivity contribution in [2.75, 3.05) is 16.8 Å². The third kappa shape index (κ3) is 3.60. The normalized spacial score (nSPS) is 14.6. The van der Waals surface area contributed by atoms with Gasteiger partial charge in [0.1, 0.15) is 0 Å². The summed E-state index contributed by atoms with van der Waals surface area (Å²) in [6.07, 6.45) is 2.53. The van der Waals surface area contributed by atoms with Gasteiger partial charge in [0.2, 0.25) is 5.91 Å². The second kappa shape index (κ2) is 7.05. The molecule has 4 nitrogen and oxygen atoms in total. The van der Waals surface area contributed by atoms with Gasteiger partial charge in [0.15, 0.2) is 0 Å². The van der Waals surface area contributed by atoms with Crippen molar-refractivity contribution >= 4 is 34.8 Å². The SMILES string of the molecule is Cc1ccc(NC(=O)c2cccc(Cl)c2)cc1N1CCCCC1=O. The molecule has 0 aromatic heterocycles. The van der Waals surface area contributed by atoms with Crippen LogP contribution in [-0.2, 0) is 4.79 Å². The first-order chi connectivity index (χ1) is 11.5. The summed E-state index contributed by atoms with van der Waals surface area (Å²) in [4.78, 5) is 26.3. The van der Waals surface area contributed by atoms with Gasteiger partial charge in [-0.2, -0.15) is 0 Å². The molecular weight excluding hydrogens is 324 g/mol. The topological polar surface area (TPSA) is 49.4 Å². The van der Waals surface area contributed by atoms with Crippen LogP contribution in [0.3, 0.4) is 0 Å². The third-order valence-electron chi connectivity index (χ3n) is 4.17. The van der Waals surface area contributed by atoms with Crippen molar-refractivity contribution < 1.29 is 9.59 Å². The van der Waals surface area contributed by atoms with E-state index in [1.165, 1.54) is 0 Å². The number of amides is 2. The predicted molar refractivity (Wildman–Crippen MR) is 96.8 cm³/mol. The van der Waals surface area contributed by atoms with Crippen molar-refractivity contribution in [1.29, 1.82) is 0 Å². The monoisotopic (exact) mass is 342 g/mol. The number of nitrogens with zero attached hydrogens (tertiary/aromatic N) is 1. The number of aryl methyl sites for hydroxylation is 1. The Labute approximate surface area is 146 Å². The molecule has 0 aliphatic carbocycles. The highest BCUT2D eigenvalue weighted by Gasteiger charge is 2.21. The highest BCUT2D eigenvalue weighted by Crippen LogP contribution is 2.28. The van der Waals surface area contributed by atoms with Crippen LogP contribution in [0.25, 0.3) is 0 Å². The number of piperidine rings is 1. The number of carbonyl (C=O) groups is 2. The minimum absolute atomic E-state index is 0.141. The molecule has 2 aromatic carbocycles. The highest BCUT2D eigenvalue weighted by atomic mass is 35.5. The molecule has 0 spiro atoms. The number of hydrogen-bond acceptors (Lipinski definition) is 2. The molecule has 0 unspecified atom stereocenters. The second-order valence-corrected chi connectivity index (χ2v) is 6.40. The number of hydrogen-bond donors (Lipinski definition) is 1. The van der Waals surface area contributed by atoms with Crippen LogP contribution in [0.1, 0.15) is 35.2 Å². The van der Waals surface area contributed by atoms with E-state index in [-0.39, 0.29) is 11.8 Å². The average Bonchev–Trinajstić information content (AvgIpc) is 2.57. The Morgan fingerprint density at radius 1 is 1.17 bits per heavy atom. The minimum atomic E-state index is -0.225. The van der Waals surface area contributed by atoms with Crippen LogP contribution in [0.2, 0.25) is 5.02 Å². The molecule has 1 aliphatic rings. The summed E-state index contributed by atoms with van der Waals surface area (Å²) < 4.78 is 0. The molecule has 2 amide bonds. The van der Waals surface area contributed by atoms with Crippen molar-refractivity contribution in [3.05, 3.63) is 58.6 Å². The maximum Gasteiger partial charge on any atom is 0.255 e. The first-order valence-corrected chi connectivity index (χ1v) is 8.40. The van der Waals surface area contributed by atoms with Crippen molar-refractivity contribution in [1.82, 2.24) is 0 Å². The molecule has 2 aromatic rings. The Balaban J connectivity index is 1.83. The number of anilines is 2. The zero-order valence-corrected chi connectivity index (χ0v) is 14.3. The van der Waals surface area contributed by atoms with E-state index in [1.807, 2.05) is 30.0 Å². The largest absolute Gasteiger partial charge is 0.322 e. The number of carbonyl (C=O) groups excluding carboxylic acids is 2. The summed E-state index contributed by atoms with van der Waals surface area (Å²) in [6, 6.07) is 12.4. The van der Waals surface area contributed by atoms with E-state index >= 15 is 0 Å². The van der Waals surface area contributed by atoms with Crippen molar-refractivity contribution in [3.8, 4) is 0 Å². The molecule has 0 atom stereocenters. The van der Waals surface area contributed by atoms with Gasteiger partial charge in [0, 0.05) is 34.9 Å². The summed E-state index contributed by atoms with van der Waals surface area (Å²) in [5.74, 6) is -0.0834. The summed E-state index contributed by atoms with van der Waals surface area (Å²) in [5.41, 5.74) is 3.05. The molecule has 1 N–H and O–H groups in total. The van der Waals surface area contributed by atoms with Gasteiger partial charge < -0.3 is 10.2 Å².